The maximum atomic E-state index is 13.1. The van der Waals surface area contributed by atoms with Crippen molar-refractivity contribution in [2.45, 2.75) is 19.3 Å². The smallest absolute Gasteiger partial charge is 0.238 e. The maximum absolute atomic E-state index is 13.1. The molecule has 7 nitrogen and oxygen atoms in total. The number of piperidine rings is 1. The molecule has 164 valence electrons. The first-order valence-electron chi connectivity index (χ1n) is 10.7. The van der Waals surface area contributed by atoms with Gasteiger partial charge in [0.05, 0.1) is 20.8 Å². The highest BCUT2D eigenvalue weighted by molar-refractivity contribution is 5.97. The number of para-hydroxylation sites is 1. The second-order valence-corrected chi connectivity index (χ2v) is 8.04. The lowest BCUT2D eigenvalue weighted by atomic mass is 9.95. The van der Waals surface area contributed by atoms with Gasteiger partial charge in [-0.2, -0.15) is 0 Å². The molecule has 1 fully saturated rings. The summed E-state index contributed by atoms with van der Waals surface area (Å²) in [6, 6.07) is 13.5. The lowest BCUT2D eigenvalue weighted by Gasteiger charge is -2.32. The number of fused-ring (bicyclic) bond motifs is 1. The summed E-state index contributed by atoms with van der Waals surface area (Å²) in [5.74, 6) is 1.36. The van der Waals surface area contributed by atoms with E-state index in [9.17, 15) is 9.59 Å². The predicted octanol–water partition coefficient (Wildman–Crippen LogP) is 2.94. The van der Waals surface area contributed by atoms with Gasteiger partial charge in [-0.05, 0) is 56.1 Å². The Hall–Kier alpha value is -3.06. The Kier molecular flexibility index (Phi) is 6.42. The van der Waals surface area contributed by atoms with Crippen molar-refractivity contribution in [3.05, 3.63) is 48.0 Å². The number of hydrogen-bond donors (Lipinski definition) is 1. The van der Waals surface area contributed by atoms with Crippen LogP contribution in [-0.2, 0) is 16.0 Å². The normalized spacial score (nSPS) is 16.6. The van der Waals surface area contributed by atoms with Crippen LogP contribution >= 0.6 is 0 Å². The van der Waals surface area contributed by atoms with E-state index in [1.165, 1.54) is 5.56 Å². The average Bonchev–Trinajstić information content (AvgIpc) is 3.23. The highest BCUT2D eigenvalue weighted by Gasteiger charge is 2.32. The van der Waals surface area contributed by atoms with Gasteiger partial charge >= 0.3 is 0 Å². The van der Waals surface area contributed by atoms with Gasteiger partial charge in [-0.25, -0.2) is 0 Å². The molecule has 4 rings (SSSR count). The van der Waals surface area contributed by atoms with Gasteiger partial charge in [0.1, 0.15) is 0 Å². The van der Waals surface area contributed by atoms with Crippen LogP contribution in [-0.4, -0.2) is 57.1 Å². The fraction of sp³-hybridized carbons (Fsp3) is 0.417. The number of methoxy groups -OCH3 is 2. The van der Waals surface area contributed by atoms with Crippen LogP contribution in [0.2, 0.25) is 0 Å². The summed E-state index contributed by atoms with van der Waals surface area (Å²) in [4.78, 5) is 29.6. The molecule has 31 heavy (non-hydrogen) atoms. The van der Waals surface area contributed by atoms with Crippen LogP contribution in [0.4, 0.5) is 11.4 Å². The molecule has 7 heteroatoms. The zero-order valence-electron chi connectivity index (χ0n) is 18.1. The van der Waals surface area contributed by atoms with E-state index in [1.807, 2.05) is 23.1 Å². The third-order valence-corrected chi connectivity index (χ3v) is 6.12. The zero-order valence-corrected chi connectivity index (χ0v) is 18.1. The molecule has 2 aliphatic heterocycles. The molecule has 1 N–H and O–H groups in total. The molecule has 0 aliphatic carbocycles. The molecule has 2 amide bonds. The molecule has 0 bridgehead atoms. The summed E-state index contributed by atoms with van der Waals surface area (Å²) in [6.07, 6.45) is 2.49. The Morgan fingerprint density at radius 3 is 2.48 bits per heavy atom. The van der Waals surface area contributed by atoms with E-state index >= 15 is 0 Å². The summed E-state index contributed by atoms with van der Waals surface area (Å²) in [6.45, 7) is 2.56. The monoisotopic (exact) mass is 423 g/mol. The minimum Gasteiger partial charge on any atom is -0.493 e. The quantitative estimate of drug-likeness (QED) is 0.774. The van der Waals surface area contributed by atoms with Crippen molar-refractivity contribution in [1.29, 1.82) is 0 Å². The third kappa shape index (κ3) is 4.66. The van der Waals surface area contributed by atoms with Crippen LogP contribution in [0.1, 0.15) is 18.4 Å². The van der Waals surface area contributed by atoms with Crippen LogP contribution in [0, 0.1) is 5.92 Å². The van der Waals surface area contributed by atoms with Crippen LogP contribution in [0.15, 0.2) is 42.5 Å². The summed E-state index contributed by atoms with van der Waals surface area (Å²) in [7, 11) is 3.14. The number of ether oxygens (including phenoxy) is 2. The van der Waals surface area contributed by atoms with Gasteiger partial charge in [-0.15, -0.1) is 0 Å². The van der Waals surface area contributed by atoms with E-state index in [0.717, 1.165) is 44.6 Å². The molecule has 0 unspecified atom stereocenters. The van der Waals surface area contributed by atoms with Gasteiger partial charge in [0, 0.05) is 29.9 Å². The van der Waals surface area contributed by atoms with Gasteiger partial charge in [0.25, 0.3) is 0 Å². The van der Waals surface area contributed by atoms with E-state index in [2.05, 4.69) is 16.3 Å². The minimum absolute atomic E-state index is 0.0244. The van der Waals surface area contributed by atoms with Crippen molar-refractivity contribution in [3.8, 4) is 11.5 Å². The second-order valence-electron chi connectivity index (χ2n) is 8.04. The Labute approximate surface area is 182 Å². The minimum atomic E-state index is -0.0783. The SMILES string of the molecule is COc1ccc(NC(=O)CN2CCC(C(=O)N3CCc4ccccc43)CC2)cc1OC. The Balaban J connectivity index is 1.27. The molecule has 2 aromatic carbocycles. The van der Waals surface area contributed by atoms with Crippen LogP contribution in [0.5, 0.6) is 11.5 Å². The van der Waals surface area contributed by atoms with Gasteiger partial charge in [-0.3, -0.25) is 14.5 Å². The maximum Gasteiger partial charge on any atom is 0.238 e. The highest BCUT2D eigenvalue weighted by Crippen LogP contribution is 2.31. The number of benzene rings is 2. The van der Waals surface area contributed by atoms with Gasteiger partial charge < -0.3 is 19.7 Å². The number of amides is 2. The fourth-order valence-corrected chi connectivity index (χ4v) is 4.44. The third-order valence-electron chi connectivity index (χ3n) is 6.12. The molecular formula is C24H29N3O4. The highest BCUT2D eigenvalue weighted by atomic mass is 16.5. The largest absolute Gasteiger partial charge is 0.493 e. The van der Waals surface area contributed by atoms with Crippen molar-refractivity contribution in [3.63, 3.8) is 0 Å². The topological polar surface area (TPSA) is 71.1 Å². The molecule has 1 saturated heterocycles. The Morgan fingerprint density at radius 2 is 1.74 bits per heavy atom. The van der Waals surface area contributed by atoms with Crippen LogP contribution < -0.4 is 19.7 Å². The molecule has 2 aromatic rings. The van der Waals surface area contributed by atoms with Crippen molar-refractivity contribution in [2.75, 3.05) is 50.6 Å². The summed E-state index contributed by atoms with van der Waals surface area (Å²) in [5.41, 5.74) is 2.98. The first kappa shape index (κ1) is 21.2. The number of carbonyl (C=O) groups is 2. The fourth-order valence-electron chi connectivity index (χ4n) is 4.44. The molecule has 2 heterocycles. The van der Waals surface area contributed by atoms with Gasteiger partial charge in [-0.1, -0.05) is 18.2 Å². The molecular weight excluding hydrogens is 394 g/mol. The molecule has 0 saturated carbocycles. The summed E-state index contributed by atoms with van der Waals surface area (Å²) < 4.78 is 10.5. The predicted molar refractivity (Wildman–Crippen MR) is 120 cm³/mol. The Morgan fingerprint density at radius 1 is 1.00 bits per heavy atom. The van der Waals surface area contributed by atoms with Gasteiger partial charge in [0.2, 0.25) is 11.8 Å². The first-order chi connectivity index (χ1) is 15.1. The zero-order chi connectivity index (χ0) is 21.8. The van der Waals surface area contributed by atoms with E-state index in [4.69, 9.17) is 9.47 Å². The number of anilines is 2. The van der Waals surface area contributed by atoms with Crippen LogP contribution in [0.25, 0.3) is 0 Å². The number of likely N-dealkylation sites (tertiary alicyclic amines) is 1. The molecule has 0 atom stereocenters. The lowest BCUT2D eigenvalue weighted by molar-refractivity contribution is -0.124. The van der Waals surface area contributed by atoms with Crippen molar-refractivity contribution in [1.82, 2.24) is 4.90 Å². The number of nitrogens with one attached hydrogen (secondary N) is 1. The van der Waals surface area contributed by atoms with E-state index in [0.29, 0.717) is 23.7 Å². The second kappa shape index (κ2) is 9.39. The van der Waals surface area contributed by atoms with Crippen molar-refractivity contribution in [2.24, 2.45) is 5.92 Å². The van der Waals surface area contributed by atoms with Crippen LogP contribution in [0.3, 0.4) is 0 Å². The van der Waals surface area contributed by atoms with Gasteiger partial charge in [0.15, 0.2) is 11.5 Å². The number of nitrogens with zero attached hydrogens (tertiary/aromatic N) is 2. The summed E-state index contributed by atoms with van der Waals surface area (Å²) in [5, 5.41) is 2.91. The number of hydrogen-bond acceptors (Lipinski definition) is 5. The van der Waals surface area contributed by atoms with Crippen molar-refractivity contribution < 1.29 is 19.1 Å². The lowest BCUT2D eigenvalue weighted by Crippen LogP contribution is -2.44. The molecule has 0 spiro atoms. The molecule has 2 aliphatic rings. The Bertz CT molecular complexity index is 954. The number of rotatable bonds is 6. The van der Waals surface area contributed by atoms with E-state index < -0.39 is 0 Å². The first-order valence-corrected chi connectivity index (χ1v) is 10.7. The molecule has 0 radical (unpaired) electrons. The van der Waals surface area contributed by atoms with Crippen molar-refractivity contribution >= 4 is 23.2 Å². The van der Waals surface area contributed by atoms with E-state index in [-0.39, 0.29) is 17.7 Å². The molecule has 0 aromatic heterocycles. The standard InChI is InChI=1S/C24H29N3O4/c1-30-21-8-7-19(15-22(21)31-2)25-23(28)16-26-12-9-18(10-13-26)24(29)27-14-11-17-5-3-4-6-20(17)27/h3-8,15,18H,9-14,16H2,1-2H3,(H,25,28). The summed E-state index contributed by atoms with van der Waals surface area (Å²) >= 11 is 0. The van der Waals surface area contributed by atoms with E-state index in [1.54, 1.807) is 32.4 Å². The average molecular weight is 424 g/mol. The number of carbonyl (C=O) groups excluding carboxylic acids is 2.